The molecule has 0 saturated heterocycles. The van der Waals surface area contributed by atoms with E-state index in [1.165, 1.54) is 22.4 Å². The van der Waals surface area contributed by atoms with Crippen molar-refractivity contribution in [3.8, 4) is 11.3 Å². The number of hydrogen-bond donors (Lipinski definition) is 1. The second-order valence-electron chi connectivity index (χ2n) is 7.65. The maximum Gasteiger partial charge on any atom is 0.227 e. The van der Waals surface area contributed by atoms with E-state index >= 15 is 0 Å². The Labute approximate surface area is 169 Å². The predicted molar refractivity (Wildman–Crippen MR) is 112 cm³/mol. The van der Waals surface area contributed by atoms with Crippen molar-refractivity contribution >= 4 is 11.6 Å². The molecule has 0 bridgehead atoms. The molecule has 0 unspecified atom stereocenters. The standard InChI is InChI=1S/C22H23N7/c1-14-5-4-6-15(9-14)10-19-20-18(27-29(19)3)8-7-16-11-23-22(26-21(16)20)25-17-12-24-28(2)13-17/h4-6,9,11-13H,7-8,10H2,1-3H3,(H,23,25,26). The summed E-state index contributed by atoms with van der Waals surface area (Å²) in [6.07, 6.45) is 8.27. The Balaban J connectivity index is 1.56. The highest BCUT2D eigenvalue weighted by molar-refractivity contribution is 5.72. The second-order valence-corrected chi connectivity index (χ2v) is 7.65. The molecular formula is C22H23N7. The van der Waals surface area contributed by atoms with Crippen molar-refractivity contribution in [1.82, 2.24) is 29.5 Å². The summed E-state index contributed by atoms with van der Waals surface area (Å²) in [6.45, 7) is 2.13. The summed E-state index contributed by atoms with van der Waals surface area (Å²) in [4.78, 5) is 9.39. The van der Waals surface area contributed by atoms with E-state index < -0.39 is 0 Å². The molecule has 1 aliphatic rings. The Morgan fingerprint density at radius 1 is 1.14 bits per heavy atom. The molecule has 29 heavy (non-hydrogen) atoms. The molecule has 146 valence electrons. The summed E-state index contributed by atoms with van der Waals surface area (Å²) in [7, 11) is 3.91. The fourth-order valence-electron chi connectivity index (χ4n) is 4.02. The molecule has 1 N–H and O–H groups in total. The molecule has 1 aliphatic carbocycles. The lowest BCUT2D eigenvalue weighted by atomic mass is 9.91. The average molecular weight is 385 g/mol. The van der Waals surface area contributed by atoms with Crippen LogP contribution in [-0.2, 0) is 33.4 Å². The lowest BCUT2D eigenvalue weighted by Gasteiger charge is -2.17. The number of aryl methyl sites for hydroxylation is 5. The van der Waals surface area contributed by atoms with Crippen LogP contribution in [0, 0.1) is 6.92 Å². The van der Waals surface area contributed by atoms with Gasteiger partial charge < -0.3 is 5.32 Å². The maximum absolute atomic E-state index is 4.88. The zero-order chi connectivity index (χ0) is 20.0. The summed E-state index contributed by atoms with van der Waals surface area (Å²) in [5.41, 5.74) is 9.05. The molecule has 0 aliphatic heterocycles. The summed E-state index contributed by atoms with van der Waals surface area (Å²) in [5.74, 6) is 0.579. The molecule has 5 rings (SSSR count). The number of hydrogen-bond acceptors (Lipinski definition) is 5. The minimum Gasteiger partial charge on any atom is -0.321 e. The Kier molecular flexibility index (Phi) is 4.16. The van der Waals surface area contributed by atoms with Crippen LogP contribution in [0.25, 0.3) is 11.3 Å². The summed E-state index contributed by atoms with van der Waals surface area (Å²) in [5, 5.41) is 12.3. The largest absolute Gasteiger partial charge is 0.321 e. The highest BCUT2D eigenvalue weighted by Gasteiger charge is 2.26. The minimum atomic E-state index is 0.579. The van der Waals surface area contributed by atoms with Crippen molar-refractivity contribution in [2.24, 2.45) is 14.1 Å². The molecule has 0 amide bonds. The van der Waals surface area contributed by atoms with Gasteiger partial charge in [0.15, 0.2) is 0 Å². The first-order valence-electron chi connectivity index (χ1n) is 9.79. The zero-order valence-electron chi connectivity index (χ0n) is 16.8. The molecule has 7 heteroatoms. The van der Waals surface area contributed by atoms with Gasteiger partial charge in [-0.1, -0.05) is 29.8 Å². The van der Waals surface area contributed by atoms with Gasteiger partial charge in [0.05, 0.1) is 29.0 Å². The van der Waals surface area contributed by atoms with E-state index in [1.54, 1.807) is 10.9 Å². The van der Waals surface area contributed by atoms with E-state index in [1.807, 2.05) is 31.2 Å². The molecular weight excluding hydrogens is 362 g/mol. The van der Waals surface area contributed by atoms with Gasteiger partial charge in [-0.05, 0) is 30.9 Å². The first-order chi connectivity index (χ1) is 14.1. The second kappa shape index (κ2) is 6.84. The number of anilines is 2. The van der Waals surface area contributed by atoms with Gasteiger partial charge in [0.1, 0.15) is 0 Å². The number of nitrogens with zero attached hydrogens (tertiary/aromatic N) is 6. The Hall–Kier alpha value is -3.48. The molecule has 0 fully saturated rings. The van der Waals surface area contributed by atoms with Gasteiger partial charge in [-0.25, -0.2) is 9.97 Å². The van der Waals surface area contributed by atoms with Crippen LogP contribution in [0.5, 0.6) is 0 Å². The number of rotatable bonds is 4. The van der Waals surface area contributed by atoms with Gasteiger partial charge in [-0.15, -0.1) is 0 Å². The topological polar surface area (TPSA) is 73.5 Å². The predicted octanol–water partition coefficient (Wildman–Crippen LogP) is 3.35. The van der Waals surface area contributed by atoms with Crippen LogP contribution in [0.1, 0.15) is 28.1 Å². The lowest BCUT2D eigenvalue weighted by molar-refractivity contribution is 0.705. The zero-order valence-corrected chi connectivity index (χ0v) is 16.8. The van der Waals surface area contributed by atoms with E-state index in [0.717, 1.165) is 41.9 Å². The highest BCUT2D eigenvalue weighted by atomic mass is 15.3. The van der Waals surface area contributed by atoms with E-state index in [4.69, 9.17) is 10.1 Å². The Bertz CT molecular complexity index is 1200. The molecule has 7 nitrogen and oxygen atoms in total. The molecule has 3 heterocycles. The molecule has 0 saturated carbocycles. The van der Waals surface area contributed by atoms with Crippen molar-refractivity contribution in [2.75, 3.05) is 5.32 Å². The first kappa shape index (κ1) is 17.6. The third kappa shape index (κ3) is 3.29. The van der Waals surface area contributed by atoms with E-state index in [-0.39, 0.29) is 0 Å². The highest BCUT2D eigenvalue weighted by Crippen LogP contribution is 2.35. The molecule has 1 aromatic carbocycles. The van der Waals surface area contributed by atoms with E-state index in [0.29, 0.717) is 5.95 Å². The van der Waals surface area contributed by atoms with Crippen molar-refractivity contribution in [1.29, 1.82) is 0 Å². The van der Waals surface area contributed by atoms with Gasteiger partial charge in [0, 0.05) is 38.5 Å². The van der Waals surface area contributed by atoms with Crippen LogP contribution in [-0.4, -0.2) is 29.5 Å². The fourth-order valence-corrected chi connectivity index (χ4v) is 4.02. The van der Waals surface area contributed by atoms with Crippen LogP contribution in [0.15, 0.2) is 42.9 Å². The monoisotopic (exact) mass is 385 g/mol. The maximum atomic E-state index is 4.88. The Morgan fingerprint density at radius 2 is 2.03 bits per heavy atom. The van der Waals surface area contributed by atoms with Crippen molar-refractivity contribution in [3.63, 3.8) is 0 Å². The van der Waals surface area contributed by atoms with Crippen LogP contribution in [0.3, 0.4) is 0 Å². The van der Waals surface area contributed by atoms with Gasteiger partial charge in [0.2, 0.25) is 5.95 Å². The average Bonchev–Trinajstić information content (AvgIpc) is 3.24. The molecule has 4 aromatic rings. The van der Waals surface area contributed by atoms with Gasteiger partial charge in [-0.3, -0.25) is 9.36 Å². The molecule has 0 radical (unpaired) electrons. The molecule has 0 atom stereocenters. The molecule has 3 aromatic heterocycles. The van der Waals surface area contributed by atoms with E-state index in [9.17, 15) is 0 Å². The quantitative estimate of drug-likeness (QED) is 0.583. The lowest BCUT2D eigenvalue weighted by Crippen LogP contribution is -2.09. The van der Waals surface area contributed by atoms with Crippen LogP contribution >= 0.6 is 0 Å². The third-order valence-corrected chi connectivity index (χ3v) is 5.39. The number of aromatic nitrogens is 6. The summed E-state index contributed by atoms with van der Waals surface area (Å²) in [6, 6.07) is 8.64. The van der Waals surface area contributed by atoms with E-state index in [2.05, 4.69) is 46.6 Å². The minimum absolute atomic E-state index is 0.579. The number of benzene rings is 1. The first-order valence-corrected chi connectivity index (χ1v) is 9.79. The summed E-state index contributed by atoms with van der Waals surface area (Å²) >= 11 is 0. The van der Waals surface area contributed by atoms with Crippen molar-refractivity contribution in [2.45, 2.75) is 26.2 Å². The van der Waals surface area contributed by atoms with Crippen LogP contribution < -0.4 is 5.32 Å². The number of nitrogens with one attached hydrogen (secondary N) is 1. The summed E-state index contributed by atoms with van der Waals surface area (Å²) < 4.78 is 3.76. The SMILES string of the molecule is Cc1cccc(Cc2c3c(nn2C)CCc2cnc(Nc4cnn(C)c4)nc2-3)c1. The molecule has 0 spiro atoms. The normalized spacial score (nSPS) is 12.5. The van der Waals surface area contributed by atoms with Crippen molar-refractivity contribution in [3.05, 3.63) is 70.9 Å². The Morgan fingerprint density at radius 3 is 2.83 bits per heavy atom. The smallest absolute Gasteiger partial charge is 0.227 e. The third-order valence-electron chi connectivity index (χ3n) is 5.39. The van der Waals surface area contributed by atoms with Crippen molar-refractivity contribution < 1.29 is 0 Å². The van der Waals surface area contributed by atoms with Gasteiger partial charge in [-0.2, -0.15) is 10.2 Å². The van der Waals surface area contributed by atoms with Crippen LogP contribution in [0.4, 0.5) is 11.6 Å². The van der Waals surface area contributed by atoms with Crippen LogP contribution in [0.2, 0.25) is 0 Å². The fraction of sp³-hybridized carbons (Fsp3) is 0.273. The van der Waals surface area contributed by atoms with Gasteiger partial charge in [0.25, 0.3) is 0 Å². The van der Waals surface area contributed by atoms with Gasteiger partial charge >= 0.3 is 0 Å². The number of fused-ring (bicyclic) bond motifs is 3.